The lowest BCUT2D eigenvalue weighted by Crippen LogP contribution is -2.41. The summed E-state index contributed by atoms with van der Waals surface area (Å²) in [7, 11) is 0. The molecule has 2 aromatic rings. The molecule has 6 heteroatoms. The number of amides is 1. The van der Waals surface area contributed by atoms with E-state index in [1.165, 1.54) is 0 Å². The Labute approximate surface area is 174 Å². The number of rotatable bonds is 9. The molecule has 0 saturated carbocycles. The summed E-state index contributed by atoms with van der Waals surface area (Å²) in [6, 6.07) is 10.2. The molecule has 0 aliphatic carbocycles. The first kappa shape index (κ1) is 21.2. The number of aromatic nitrogens is 2. The molecule has 2 heterocycles. The topological polar surface area (TPSA) is 61.4 Å². The third kappa shape index (κ3) is 6.00. The van der Waals surface area contributed by atoms with Crippen LogP contribution in [-0.4, -0.2) is 60.0 Å². The van der Waals surface area contributed by atoms with Crippen molar-refractivity contribution in [2.45, 2.75) is 33.1 Å². The fourth-order valence-corrected chi connectivity index (χ4v) is 3.80. The second-order valence-corrected chi connectivity index (χ2v) is 7.57. The van der Waals surface area contributed by atoms with Crippen LogP contribution in [0, 0.1) is 5.92 Å². The summed E-state index contributed by atoms with van der Waals surface area (Å²) in [4.78, 5) is 26.1. The highest BCUT2D eigenvalue weighted by atomic mass is 16.1. The van der Waals surface area contributed by atoms with Gasteiger partial charge in [-0.2, -0.15) is 0 Å². The summed E-state index contributed by atoms with van der Waals surface area (Å²) in [6.45, 7) is 9.93. The lowest BCUT2D eigenvalue weighted by atomic mass is 9.96. The fourth-order valence-electron chi connectivity index (χ4n) is 3.80. The molecule has 0 spiro atoms. The van der Waals surface area contributed by atoms with Crippen molar-refractivity contribution >= 4 is 11.9 Å². The molecular formula is C23H33N5O. The monoisotopic (exact) mass is 395 g/mol. The minimum atomic E-state index is 0.100. The SMILES string of the molecule is CCN(CC)CCCNC(=O)C1CCN(c2ncc(-c3ccccc3)cn2)CC1. The Morgan fingerprint density at radius 2 is 1.72 bits per heavy atom. The first-order valence-corrected chi connectivity index (χ1v) is 10.8. The van der Waals surface area contributed by atoms with E-state index < -0.39 is 0 Å². The van der Waals surface area contributed by atoms with E-state index >= 15 is 0 Å². The van der Waals surface area contributed by atoms with Crippen molar-refractivity contribution in [2.24, 2.45) is 5.92 Å². The number of hydrogen-bond acceptors (Lipinski definition) is 5. The van der Waals surface area contributed by atoms with Gasteiger partial charge in [0, 0.05) is 43.5 Å². The van der Waals surface area contributed by atoms with Crippen molar-refractivity contribution < 1.29 is 4.79 Å². The van der Waals surface area contributed by atoms with Crippen LogP contribution in [-0.2, 0) is 4.79 Å². The van der Waals surface area contributed by atoms with Gasteiger partial charge >= 0.3 is 0 Å². The van der Waals surface area contributed by atoms with Gasteiger partial charge in [-0.05, 0) is 44.5 Å². The van der Waals surface area contributed by atoms with Crippen molar-refractivity contribution in [1.29, 1.82) is 0 Å². The van der Waals surface area contributed by atoms with Gasteiger partial charge in [0.05, 0.1) is 0 Å². The maximum atomic E-state index is 12.5. The molecule has 1 amide bonds. The van der Waals surface area contributed by atoms with Crippen LogP contribution in [0.4, 0.5) is 5.95 Å². The van der Waals surface area contributed by atoms with Gasteiger partial charge in [-0.15, -0.1) is 0 Å². The molecule has 156 valence electrons. The highest BCUT2D eigenvalue weighted by molar-refractivity contribution is 5.78. The lowest BCUT2D eigenvalue weighted by molar-refractivity contribution is -0.125. The summed E-state index contributed by atoms with van der Waals surface area (Å²) in [5.74, 6) is 1.05. The van der Waals surface area contributed by atoms with Gasteiger partial charge in [0.15, 0.2) is 0 Å². The highest BCUT2D eigenvalue weighted by Crippen LogP contribution is 2.23. The zero-order chi connectivity index (χ0) is 20.5. The van der Waals surface area contributed by atoms with Gasteiger partial charge in [-0.1, -0.05) is 44.2 Å². The Bertz CT molecular complexity index is 738. The molecule has 1 N–H and O–H groups in total. The van der Waals surface area contributed by atoms with E-state index in [0.29, 0.717) is 0 Å². The molecule has 0 unspecified atom stereocenters. The maximum Gasteiger partial charge on any atom is 0.225 e. The summed E-state index contributed by atoms with van der Waals surface area (Å²) < 4.78 is 0. The minimum absolute atomic E-state index is 0.100. The Hall–Kier alpha value is -2.47. The predicted octanol–water partition coefficient (Wildman–Crippen LogP) is 3.21. The van der Waals surface area contributed by atoms with E-state index in [0.717, 1.165) is 75.6 Å². The zero-order valence-electron chi connectivity index (χ0n) is 17.7. The Morgan fingerprint density at radius 1 is 1.07 bits per heavy atom. The lowest BCUT2D eigenvalue weighted by Gasteiger charge is -2.31. The van der Waals surface area contributed by atoms with Crippen LogP contribution >= 0.6 is 0 Å². The van der Waals surface area contributed by atoms with E-state index in [4.69, 9.17) is 0 Å². The van der Waals surface area contributed by atoms with Crippen LogP contribution in [0.1, 0.15) is 33.1 Å². The standard InChI is InChI=1S/C23H33N5O/c1-3-27(4-2)14-8-13-24-22(29)20-11-15-28(16-12-20)23-25-17-21(18-26-23)19-9-6-5-7-10-19/h5-7,9-10,17-18,20H,3-4,8,11-16H2,1-2H3,(H,24,29). The van der Waals surface area contributed by atoms with Gasteiger partial charge in [-0.3, -0.25) is 4.79 Å². The van der Waals surface area contributed by atoms with Gasteiger partial charge in [0.25, 0.3) is 0 Å². The summed E-state index contributed by atoms with van der Waals surface area (Å²) >= 11 is 0. The van der Waals surface area contributed by atoms with E-state index in [2.05, 4.69) is 51.1 Å². The molecule has 1 aliphatic heterocycles. The first-order chi connectivity index (χ1) is 14.2. The predicted molar refractivity (Wildman–Crippen MR) is 118 cm³/mol. The highest BCUT2D eigenvalue weighted by Gasteiger charge is 2.25. The molecule has 0 atom stereocenters. The summed E-state index contributed by atoms with van der Waals surface area (Å²) in [6.07, 6.45) is 6.48. The largest absolute Gasteiger partial charge is 0.356 e. The Kier molecular flexibility index (Phi) is 7.99. The number of piperidine rings is 1. The first-order valence-electron chi connectivity index (χ1n) is 10.8. The maximum absolute atomic E-state index is 12.5. The van der Waals surface area contributed by atoms with Crippen LogP contribution < -0.4 is 10.2 Å². The molecule has 3 rings (SSSR count). The minimum Gasteiger partial charge on any atom is -0.356 e. The van der Waals surface area contributed by atoms with Crippen molar-refractivity contribution in [3.8, 4) is 11.1 Å². The molecule has 0 bridgehead atoms. The van der Waals surface area contributed by atoms with Crippen LogP contribution in [0.3, 0.4) is 0 Å². The van der Waals surface area contributed by atoms with Gasteiger partial charge < -0.3 is 15.1 Å². The number of nitrogens with one attached hydrogen (secondary N) is 1. The number of carbonyl (C=O) groups is 1. The zero-order valence-corrected chi connectivity index (χ0v) is 17.7. The third-order valence-corrected chi connectivity index (χ3v) is 5.74. The van der Waals surface area contributed by atoms with Crippen molar-refractivity contribution in [2.75, 3.05) is 44.2 Å². The van der Waals surface area contributed by atoms with Crippen molar-refractivity contribution in [3.63, 3.8) is 0 Å². The van der Waals surface area contributed by atoms with Crippen molar-refractivity contribution in [1.82, 2.24) is 20.2 Å². The number of carbonyl (C=O) groups excluding carboxylic acids is 1. The van der Waals surface area contributed by atoms with E-state index in [9.17, 15) is 4.79 Å². The number of hydrogen-bond donors (Lipinski definition) is 1. The smallest absolute Gasteiger partial charge is 0.225 e. The number of anilines is 1. The van der Waals surface area contributed by atoms with Crippen LogP contribution in [0.15, 0.2) is 42.7 Å². The van der Waals surface area contributed by atoms with E-state index in [1.54, 1.807) is 0 Å². The molecule has 1 saturated heterocycles. The fraction of sp³-hybridized carbons (Fsp3) is 0.522. The Morgan fingerprint density at radius 3 is 2.34 bits per heavy atom. The van der Waals surface area contributed by atoms with Gasteiger partial charge in [0.2, 0.25) is 11.9 Å². The van der Waals surface area contributed by atoms with Crippen LogP contribution in [0.5, 0.6) is 0 Å². The van der Waals surface area contributed by atoms with Gasteiger partial charge in [-0.25, -0.2) is 9.97 Å². The molecule has 6 nitrogen and oxygen atoms in total. The molecular weight excluding hydrogens is 362 g/mol. The summed E-state index contributed by atoms with van der Waals surface area (Å²) in [5, 5.41) is 3.12. The van der Waals surface area contributed by atoms with Crippen LogP contribution in [0.2, 0.25) is 0 Å². The Balaban J connectivity index is 1.42. The number of nitrogens with zero attached hydrogens (tertiary/aromatic N) is 4. The molecule has 1 aromatic carbocycles. The summed E-state index contributed by atoms with van der Waals surface area (Å²) in [5.41, 5.74) is 2.14. The quantitative estimate of drug-likeness (QED) is 0.661. The van der Waals surface area contributed by atoms with Crippen molar-refractivity contribution in [3.05, 3.63) is 42.7 Å². The second-order valence-electron chi connectivity index (χ2n) is 7.57. The van der Waals surface area contributed by atoms with Crippen LogP contribution in [0.25, 0.3) is 11.1 Å². The molecule has 1 aromatic heterocycles. The molecule has 1 aliphatic rings. The van der Waals surface area contributed by atoms with Gasteiger partial charge in [0.1, 0.15) is 0 Å². The average Bonchev–Trinajstić information content (AvgIpc) is 2.80. The third-order valence-electron chi connectivity index (χ3n) is 5.74. The second kappa shape index (κ2) is 10.9. The van der Waals surface area contributed by atoms with E-state index in [-0.39, 0.29) is 11.8 Å². The van der Waals surface area contributed by atoms with E-state index in [1.807, 2.05) is 30.6 Å². The molecule has 29 heavy (non-hydrogen) atoms. The normalized spacial score (nSPS) is 14.9. The molecule has 0 radical (unpaired) electrons. The average molecular weight is 396 g/mol. The molecule has 1 fully saturated rings. The number of benzene rings is 1.